The number of sulfonamides is 1. The summed E-state index contributed by atoms with van der Waals surface area (Å²) in [6.07, 6.45) is 1.44. The number of amides is 2. The van der Waals surface area contributed by atoms with Crippen LogP contribution in [-0.4, -0.2) is 21.0 Å². The van der Waals surface area contributed by atoms with Gasteiger partial charge in [-0.05, 0) is 18.2 Å². The molecule has 6 nitrogen and oxygen atoms in total. The lowest BCUT2D eigenvalue weighted by atomic mass is 10.3. The zero-order valence-electron chi connectivity index (χ0n) is 8.75. The van der Waals surface area contributed by atoms with Crippen LogP contribution in [0.5, 0.6) is 0 Å². The van der Waals surface area contributed by atoms with Crippen LogP contribution in [0.2, 0.25) is 0 Å². The summed E-state index contributed by atoms with van der Waals surface area (Å²) in [4.78, 5) is 18.2. The van der Waals surface area contributed by atoms with E-state index in [1.807, 2.05) is 0 Å². The number of carbonyl (C=O) groups is 1. The third-order valence-electron chi connectivity index (χ3n) is 2.11. The highest BCUT2D eigenvalue weighted by Crippen LogP contribution is 2.03. The Balaban J connectivity index is 2.48. The van der Waals surface area contributed by atoms with Crippen LogP contribution in [0.4, 0.5) is 4.79 Å². The first-order chi connectivity index (χ1) is 8.03. The van der Waals surface area contributed by atoms with Gasteiger partial charge in [0.25, 0.3) is 0 Å². The predicted molar refractivity (Wildman–Crippen MR) is 59.5 cm³/mol. The maximum absolute atomic E-state index is 11.8. The van der Waals surface area contributed by atoms with Crippen LogP contribution in [0.25, 0.3) is 0 Å². The van der Waals surface area contributed by atoms with Crippen LogP contribution >= 0.6 is 0 Å². The molecule has 17 heavy (non-hydrogen) atoms. The van der Waals surface area contributed by atoms with Gasteiger partial charge in [-0.2, -0.15) is 9.98 Å². The van der Waals surface area contributed by atoms with E-state index in [0.717, 1.165) is 0 Å². The number of nitrogens with zero attached hydrogens (tertiary/aromatic N) is 2. The van der Waals surface area contributed by atoms with Gasteiger partial charge in [0.05, 0.1) is 15.6 Å². The molecule has 0 spiro atoms. The first-order valence-corrected chi connectivity index (χ1v) is 6.23. The molecule has 1 aliphatic rings. The van der Waals surface area contributed by atoms with E-state index < -0.39 is 16.1 Å². The van der Waals surface area contributed by atoms with Crippen LogP contribution in [0.3, 0.4) is 0 Å². The molecule has 1 heterocycles. The predicted octanol–water partition coefficient (Wildman–Crippen LogP) is -0.476. The molecule has 0 saturated carbocycles. The van der Waals surface area contributed by atoms with Gasteiger partial charge < -0.3 is 0 Å². The zero-order chi connectivity index (χ0) is 12.5. The lowest BCUT2D eigenvalue weighted by molar-refractivity contribution is 0.256. The summed E-state index contributed by atoms with van der Waals surface area (Å²) in [5.41, 5.74) is 0. The smallest absolute Gasteiger partial charge is 0.244 e. The second kappa shape index (κ2) is 4.19. The Bertz CT molecular complexity index is 707. The minimum Gasteiger partial charge on any atom is -0.244 e. The Hall–Kier alpha value is -1.86. The van der Waals surface area contributed by atoms with Crippen molar-refractivity contribution in [2.75, 3.05) is 6.54 Å². The molecule has 1 N–H and O–H groups in total. The molecule has 0 fully saturated rings. The summed E-state index contributed by atoms with van der Waals surface area (Å²) in [6.45, 7) is 3.56. The van der Waals surface area contributed by atoms with Crippen molar-refractivity contribution in [3.05, 3.63) is 41.6 Å². The van der Waals surface area contributed by atoms with Crippen molar-refractivity contribution in [1.29, 1.82) is 0 Å². The van der Waals surface area contributed by atoms with Crippen LogP contribution in [0.1, 0.15) is 0 Å². The summed E-state index contributed by atoms with van der Waals surface area (Å²) >= 11 is 0. The molecule has 2 rings (SSSR count). The van der Waals surface area contributed by atoms with Crippen LogP contribution in [0, 0.1) is 0 Å². The molecule has 1 aromatic rings. The van der Waals surface area contributed by atoms with E-state index in [-0.39, 0.29) is 16.8 Å². The molecule has 0 aliphatic carbocycles. The molecule has 2 amide bonds. The topological polar surface area (TPSA) is 88.0 Å². The molecule has 0 bridgehead atoms. The van der Waals surface area contributed by atoms with E-state index in [0.29, 0.717) is 5.36 Å². The number of carbonyl (C=O) groups excluding carboxylic acids is 1. The van der Waals surface area contributed by atoms with Crippen molar-refractivity contribution in [3.63, 3.8) is 0 Å². The number of hydrogen-bond acceptors (Lipinski definition) is 3. The fourth-order valence-electron chi connectivity index (χ4n) is 1.34. The van der Waals surface area contributed by atoms with Crippen molar-refractivity contribution in [2.24, 2.45) is 9.98 Å². The monoisotopic (exact) mass is 251 g/mol. The molecule has 1 aliphatic heterocycles. The summed E-state index contributed by atoms with van der Waals surface area (Å²) in [7, 11) is -3.60. The van der Waals surface area contributed by atoms with Crippen molar-refractivity contribution in [3.8, 4) is 0 Å². The Morgan fingerprint density at radius 3 is 2.71 bits per heavy atom. The van der Waals surface area contributed by atoms with Crippen molar-refractivity contribution < 1.29 is 13.2 Å². The standard InChI is InChI=1S/C10H9N3O3S/c1-2-5-11-17(15,16)7-3-4-8-9(6-7)13-10(14)12-8/h2-4,6,11H,1,5H2. The SMILES string of the molecule is C=CCNS(=O)(=O)c1ccc2c(c1)=NC(=O)N=2. The molecular formula is C10H9N3O3S. The molecule has 7 heteroatoms. The minimum absolute atomic E-state index is 0.0479. The first kappa shape index (κ1) is 11.6. The normalized spacial score (nSPS) is 13.8. The highest BCUT2D eigenvalue weighted by atomic mass is 32.2. The summed E-state index contributed by atoms with van der Waals surface area (Å²) in [5.74, 6) is 0. The second-order valence-corrected chi connectivity index (χ2v) is 5.06. The molecule has 0 radical (unpaired) electrons. The molecule has 88 valence electrons. The average molecular weight is 251 g/mol. The van der Waals surface area contributed by atoms with Crippen LogP contribution in [-0.2, 0) is 10.0 Å². The molecule has 1 aromatic carbocycles. The van der Waals surface area contributed by atoms with E-state index in [1.54, 1.807) is 0 Å². The van der Waals surface area contributed by atoms with Gasteiger partial charge in [-0.3, -0.25) is 0 Å². The van der Waals surface area contributed by atoms with Crippen LogP contribution < -0.4 is 15.4 Å². The number of nitrogens with one attached hydrogen (secondary N) is 1. The average Bonchev–Trinajstić information content (AvgIpc) is 2.65. The van der Waals surface area contributed by atoms with E-state index in [4.69, 9.17) is 0 Å². The van der Waals surface area contributed by atoms with E-state index in [2.05, 4.69) is 21.3 Å². The zero-order valence-corrected chi connectivity index (χ0v) is 9.57. The van der Waals surface area contributed by atoms with Crippen molar-refractivity contribution >= 4 is 16.1 Å². The summed E-state index contributed by atoms with van der Waals surface area (Å²) < 4.78 is 25.8. The lowest BCUT2D eigenvalue weighted by Crippen LogP contribution is -2.28. The maximum Gasteiger partial charge on any atom is 0.368 e. The van der Waals surface area contributed by atoms with E-state index in [1.165, 1.54) is 24.3 Å². The Labute approximate surface area is 97.5 Å². The number of rotatable bonds is 4. The highest BCUT2D eigenvalue weighted by molar-refractivity contribution is 7.89. The second-order valence-electron chi connectivity index (χ2n) is 3.30. The number of fused-ring (bicyclic) bond motifs is 1. The van der Waals surface area contributed by atoms with E-state index >= 15 is 0 Å². The van der Waals surface area contributed by atoms with Crippen molar-refractivity contribution in [2.45, 2.75) is 4.90 Å². The third kappa shape index (κ3) is 2.29. The van der Waals surface area contributed by atoms with Gasteiger partial charge in [-0.1, -0.05) is 6.08 Å². The quantitative estimate of drug-likeness (QED) is 0.733. The number of benzene rings is 1. The molecule has 0 unspecified atom stereocenters. The highest BCUT2D eigenvalue weighted by Gasteiger charge is 2.14. The van der Waals surface area contributed by atoms with Crippen LogP contribution in [0.15, 0.2) is 45.7 Å². The van der Waals surface area contributed by atoms with Gasteiger partial charge in [-0.15, -0.1) is 6.58 Å². The Morgan fingerprint density at radius 1 is 1.29 bits per heavy atom. The fraction of sp³-hybridized carbons (Fsp3) is 0.100. The molecular weight excluding hydrogens is 242 g/mol. The van der Waals surface area contributed by atoms with Gasteiger partial charge in [-0.25, -0.2) is 17.9 Å². The lowest BCUT2D eigenvalue weighted by Gasteiger charge is -2.03. The van der Waals surface area contributed by atoms with E-state index in [9.17, 15) is 13.2 Å². The van der Waals surface area contributed by atoms with Crippen molar-refractivity contribution in [1.82, 2.24) is 4.72 Å². The van der Waals surface area contributed by atoms with Gasteiger partial charge in [0.15, 0.2) is 0 Å². The summed E-state index contributed by atoms with van der Waals surface area (Å²) in [5, 5.41) is 0.661. The first-order valence-electron chi connectivity index (χ1n) is 4.75. The molecule has 0 aromatic heterocycles. The summed E-state index contributed by atoms with van der Waals surface area (Å²) in [6, 6.07) is 3.53. The van der Waals surface area contributed by atoms with Gasteiger partial charge in [0, 0.05) is 6.54 Å². The Kier molecular flexibility index (Phi) is 2.86. The Morgan fingerprint density at radius 2 is 2.00 bits per heavy atom. The number of hydrogen-bond donors (Lipinski definition) is 1. The third-order valence-corrected chi connectivity index (χ3v) is 3.53. The fourth-order valence-corrected chi connectivity index (χ4v) is 2.36. The molecule has 0 saturated heterocycles. The number of urea groups is 1. The van der Waals surface area contributed by atoms with Gasteiger partial charge in [0.2, 0.25) is 10.0 Å². The van der Waals surface area contributed by atoms with Gasteiger partial charge in [0.1, 0.15) is 0 Å². The molecule has 0 atom stereocenters. The largest absolute Gasteiger partial charge is 0.368 e. The maximum atomic E-state index is 11.8. The van der Waals surface area contributed by atoms with Gasteiger partial charge >= 0.3 is 6.03 Å². The minimum atomic E-state index is -3.60.